The van der Waals surface area contributed by atoms with Gasteiger partial charge in [0.15, 0.2) is 5.78 Å². The lowest BCUT2D eigenvalue weighted by molar-refractivity contribution is -0.114. The van der Waals surface area contributed by atoms with Crippen LogP contribution in [0.4, 0.5) is 0 Å². The monoisotopic (exact) mass is 124 g/mol. The molecule has 0 aromatic carbocycles. The summed E-state index contributed by atoms with van der Waals surface area (Å²) in [6.45, 7) is 1.78. The topological polar surface area (TPSA) is 37.3 Å². The molecule has 0 fully saturated rings. The van der Waals surface area contributed by atoms with Crippen LogP contribution in [0.25, 0.3) is 0 Å². The van der Waals surface area contributed by atoms with Gasteiger partial charge < -0.3 is 5.11 Å². The van der Waals surface area contributed by atoms with Crippen molar-refractivity contribution >= 4 is 5.78 Å². The molecule has 0 aromatic heterocycles. The second-order valence-corrected chi connectivity index (χ2v) is 2.17. The fraction of sp³-hybridized carbons (Fsp3) is 0.286. The summed E-state index contributed by atoms with van der Waals surface area (Å²) in [6.07, 6.45) is 3.29. The highest BCUT2D eigenvalue weighted by Crippen LogP contribution is 2.10. The summed E-state index contributed by atoms with van der Waals surface area (Å²) in [5, 5.41) is 8.85. The lowest BCUT2D eigenvalue weighted by Gasteiger charge is -2.02. The Balaban J connectivity index is 2.86. The van der Waals surface area contributed by atoms with E-state index >= 15 is 0 Å². The number of hydrogen-bond acceptors (Lipinski definition) is 2. The van der Waals surface area contributed by atoms with Gasteiger partial charge in [-0.1, -0.05) is 0 Å². The molecule has 0 saturated carbocycles. The first kappa shape index (κ1) is 6.08. The Morgan fingerprint density at radius 2 is 2.22 bits per heavy atom. The Labute approximate surface area is 53.5 Å². The maximum atomic E-state index is 10.6. The molecule has 0 spiro atoms. The Kier molecular flexibility index (Phi) is 1.39. The number of rotatable bonds is 0. The second kappa shape index (κ2) is 2.05. The van der Waals surface area contributed by atoms with Crippen molar-refractivity contribution in [3.63, 3.8) is 0 Å². The van der Waals surface area contributed by atoms with E-state index in [1.807, 2.05) is 0 Å². The van der Waals surface area contributed by atoms with Crippen molar-refractivity contribution in [1.82, 2.24) is 0 Å². The Bertz CT molecular complexity index is 199. The molecule has 0 aliphatic heterocycles. The third kappa shape index (κ3) is 1.42. The molecule has 1 aliphatic carbocycles. The molecular weight excluding hydrogens is 116 g/mol. The minimum absolute atomic E-state index is 0.0208. The standard InChI is InChI=1S/C7H8O2/c1-5-2-6(8)4-7(9)3-5/h2-3,8H,4H2,1H3. The average molecular weight is 124 g/mol. The summed E-state index contributed by atoms with van der Waals surface area (Å²) in [4.78, 5) is 10.6. The highest BCUT2D eigenvalue weighted by Gasteiger charge is 2.06. The molecule has 0 bridgehead atoms. The first-order valence-electron chi connectivity index (χ1n) is 2.79. The third-order valence-electron chi connectivity index (χ3n) is 1.14. The average Bonchev–Trinajstić information content (AvgIpc) is 1.59. The van der Waals surface area contributed by atoms with E-state index in [1.54, 1.807) is 13.0 Å². The lowest BCUT2D eigenvalue weighted by Crippen LogP contribution is -2.00. The molecule has 0 radical (unpaired) electrons. The van der Waals surface area contributed by atoms with Crippen molar-refractivity contribution in [1.29, 1.82) is 0 Å². The number of carbonyl (C=O) groups excluding carboxylic acids is 1. The van der Waals surface area contributed by atoms with Gasteiger partial charge in [0.25, 0.3) is 0 Å². The van der Waals surface area contributed by atoms with Crippen LogP contribution in [0.5, 0.6) is 0 Å². The van der Waals surface area contributed by atoms with Crippen LogP contribution in [0.3, 0.4) is 0 Å². The van der Waals surface area contributed by atoms with Gasteiger partial charge in [-0.3, -0.25) is 4.79 Å². The summed E-state index contributed by atoms with van der Waals surface area (Å²) in [6, 6.07) is 0. The summed E-state index contributed by atoms with van der Waals surface area (Å²) in [5.41, 5.74) is 0.823. The maximum Gasteiger partial charge on any atom is 0.163 e. The molecule has 9 heavy (non-hydrogen) atoms. The summed E-state index contributed by atoms with van der Waals surface area (Å²) >= 11 is 0. The molecule has 1 N–H and O–H groups in total. The first-order valence-corrected chi connectivity index (χ1v) is 2.79. The van der Waals surface area contributed by atoms with Gasteiger partial charge in [0.05, 0.1) is 6.42 Å². The van der Waals surface area contributed by atoms with Gasteiger partial charge in [-0.2, -0.15) is 0 Å². The molecule has 48 valence electrons. The lowest BCUT2D eigenvalue weighted by atomic mass is 10.1. The zero-order valence-electron chi connectivity index (χ0n) is 5.22. The highest BCUT2D eigenvalue weighted by molar-refractivity contribution is 5.93. The predicted octanol–water partition coefficient (Wildman–Crippen LogP) is 1.35. The van der Waals surface area contributed by atoms with Crippen molar-refractivity contribution in [2.24, 2.45) is 0 Å². The van der Waals surface area contributed by atoms with E-state index in [1.165, 1.54) is 6.08 Å². The van der Waals surface area contributed by atoms with Crippen molar-refractivity contribution in [2.75, 3.05) is 0 Å². The quantitative estimate of drug-likeness (QED) is 0.529. The van der Waals surface area contributed by atoms with E-state index in [2.05, 4.69) is 0 Å². The first-order chi connectivity index (χ1) is 4.18. The summed E-state index contributed by atoms with van der Waals surface area (Å²) in [7, 11) is 0. The Morgan fingerprint density at radius 1 is 1.56 bits per heavy atom. The van der Waals surface area contributed by atoms with Gasteiger partial charge in [-0.25, -0.2) is 0 Å². The maximum absolute atomic E-state index is 10.6. The number of ketones is 1. The van der Waals surface area contributed by atoms with Crippen LogP contribution in [0.2, 0.25) is 0 Å². The van der Waals surface area contributed by atoms with Crippen LogP contribution in [-0.4, -0.2) is 10.9 Å². The molecular formula is C7H8O2. The SMILES string of the molecule is CC1=CC(=O)CC(O)=C1. The van der Waals surface area contributed by atoms with E-state index in [-0.39, 0.29) is 18.0 Å². The van der Waals surface area contributed by atoms with E-state index in [0.29, 0.717) is 0 Å². The molecule has 0 heterocycles. The third-order valence-corrected chi connectivity index (χ3v) is 1.14. The molecule has 0 aromatic rings. The van der Waals surface area contributed by atoms with Gasteiger partial charge >= 0.3 is 0 Å². The number of carbonyl (C=O) groups is 1. The predicted molar refractivity (Wildman–Crippen MR) is 34.1 cm³/mol. The molecule has 0 atom stereocenters. The Hall–Kier alpha value is -1.05. The van der Waals surface area contributed by atoms with Crippen LogP contribution in [0.1, 0.15) is 13.3 Å². The molecule has 2 heteroatoms. The van der Waals surface area contributed by atoms with Crippen LogP contribution in [0.15, 0.2) is 23.5 Å². The largest absolute Gasteiger partial charge is 0.512 e. The number of aliphatic hydroxyl groups is 1. The van der Waals surface area contributed by atoms with Crippen LogP contribution >= 0.6 is 0 Å². The van der Waals surface area contributed by atoms with Gasteiger partial charge in [0.2, 0.25) is 0 Å². The summed E-state index contributed by atoms with van der Waals surface area (Å²) < 4.78 is 0. The van der Waals surface area contributed by atoms with Gasteiger partial charge in [-0.15, -0.1) is 0 Å². The minimum Gasteiger partial charge on any atom is -0.512 e. The minimum atomic E-state index is -0.0208. The molecule has 0 unspecified atom stereocenters. The van der Waals surface area contributed by atoms with Crippen LogP contribution in [0, 0.1) is 0 Å². The normalized spacial score (nSPS) is 19.0. The van der Waals surface area contributed by atoms with Crippen LogP contribution < -0.4 is 0 Å². The molecule has 0 amide bonds. The van der Waals surface area contributed by atoms with E-state index in [4.69, 9.17) is 5.11 Å². The van der Waals surface area contributed by atoms with Crippen molar-refractivity contribution in [3.8, 4) is 0 Å². The van der Waals surface area contributed by atoms with E-state index in [0.717, 1.165) is 5.57 Å². The number of hydrogen-bond donors (Lipinski definition) is 1. The molecule has 1 rings (SSSR count). The van der Waals surface area contributed by atoms with Gasteiger partial charge in [0.1, 0.15) is 5.76 Å². The highest BCUT2D eigenvalue weighted by atomic mass is 16.3. The smallest absolute Gasteiger partial charge is 0.163 e. The molecule has 1 aliphatic rings. The number of allylic oxidation sites excluding steroid dienone is 4. The molecule has 0 saturated heterocycles. The second-order valence-electron chi connectivity index (χ2n) is 2.17. The fourth-order valence-corrected chi connectivity index (χ4v) is 0.839. The number of aliphatic hydroxyl groups excluding tert-OH is 1. The van der Waals surface area contributed by atoms with Crippen molar-refractivity contribution < 1.29 is 9.90 Å². The van der Waals surface area contributed by atoms with Crippen molar-refractivity contribution in [2.45, 2.75) is 13.3 Å². The molecule has 2 nitrogen and oxygen atoms in total. The van der Waals surface area contributed by atoms with Crippen LogP contribution in [-0.2, 0) is 4.79 Å². The zero-order valence-corrected chi connectivity index (χ0v) is 5.22. The van der Waals surface area contributed by atoms with E-state index in [9.17, 15) is 4.79 Å². The summed E-state index contributed by atoms with van der Waals surface area (Å²) in [5.74, 6) is 0.146. The van der Waals surface area contributed by atoms with Gasteiger partial charge in [0, 0.05) is 0 Å². The fourth-order valence-electron chi connectivity index (χ4n) is 0.839. The van der Waals surface area contributed by atoms with E-state index < -0.39 is 0 Å². The van der Waals surface area contributed by atoms with Gasteiger partial charge in [-0.05, 0) is 24.6 Å². The van der Waals surface area contributed by atoms with Crippen molar-refractivity contribution in [3.05, 3.63) is 23.5 Å². The Morgan fingerprint density at radius 3 is 2.67 bits per heavy atom. The zero-order chi connectivity index (χ0) is 6.85.